The molecule has 0 nitrogen and oxygen atoms in total. The molecule has 1 aliphatic carbocycles. The van der Waals surface area contributed by atoms with Crippen LogP contribution in [0.3, 0.4) is 0 Å². The molecule has 0 aliphatic heterocycles. The van der Waals surface area contributed by atoms with Gasteiger partial charge in [-0.15, -0.1) is 5.73 Å². The first-order valence-corrected chi connectivity index (χ1v) is 5.06. The number of rotatable bonds is 4. The molecule has 1 rings (SSSR count). The van der Waals surface area contributed by atoms with Crippen molar-refractivity contribution in [2.75, 3.05) is 0 Å². The summed E-state index contributed by atoms with van der Waals surface area (Å²) in [4.78, 5) is 0. The average molecular weight is 174 g/mol. The molecule has 0 unspecified atom stereocenters. The van der Waals surface area contributed by atoms with Crippen LogP contribution in [0.4, 0.5) is 0 Å². The van der Waals surface area contributed by atoms with Gasteiger partial charge in [0.2, 0.25) is 0 Å². The monoisotopic (exact) mass is 174 g/mol. The van der Waals surface area contributed by atoms with Crippen LogP contribution in [0.15, 0.2) is 42.2 Å². The maximum Gasteiger partial charge on any atom is -0.00635 e. The van der Waals surface area contributed by atoms with E-state index in [1.54, 1.807) is 0 Å². The maximum atomic E-state index is 3.81. The zero-order valence-electron chi connectivity index (χ0n) is 8.42. The van der Waals surface area contributed by atoms with Crippen molar-refractivity contribution in [1.29, 1.82) is 0 Å². The van der Waals surface area contributed by atoms with Crippen molar-refractivity contribution in [2.24, 2.45) is 5.92 Å². The van der Waals surface area contributed by atoms with Crippen LogP contribution in [-0.2, 0) is 0 Å². The Bertz CT molecular complexity index is 245. The third kappa shape index (κ3) is 3.48. The summed E-state index contributed by atoms with van der Waals surface area (Å²) in [5, 5.41) is 0. The Morgan fingerprint density at radius 1 is 1.54 bits per heavy atom. The molecule has 0 bridgehead atoms. The maximum absolute atomic E-state index is 3.81. The molecule has 0 amide bonds. The van der Waals surface area contributed by atoms with Crippen LogP contribution in [0.25, 0.3) is 0 Å². The summed E-state index contributed by atoms with van der Waals surface area (Å²) in [6, 6.07) is 0. The van der Waals surface area contributed by atoms with Crippen molar-refractivity contribution < 1.29 is 0 Å². The van der Waals surface area contributed by atoms with Crippen molar-refractivity contribution in [3.05, 3.63) is 42.2 Å². The Balaban J connectivity index is 2.49. The van der Waals surface area contributed by atoms with Crippen molar-refractivity contribution >= 4 is 0 Å². The van der Waals surface area contributed by atoms with E-state index >= 15 is 0 Å². The zero-order valence-corrected chi connectivity index (χ0v) is 8.42. The van der Waals surface area contributed by atoms with Gasteiger partial charge in [0.15, 0.2) is 0 Å². The molecule has 0 aromatic rings. The average Bonchev–Trinajstić information content (AvgIpc) is 2.08. The lowest BCUT2D eigenvalue weighted by atomic mass is 9.81. The fraction of sp³-hybridized carbons (Fsp3) is 0.462. The molecular weight excluding hydrogens is 156 g/mol. The fourth-order valence-corrected chi connectivity index (χ4v) is 1.46. The van der Waals surface area contributed by atoms with Crippen molar-refractivity contribution in [3.63, 3.8) is 0 Å². The van der Waals surface area contributed by atoms with Gasteiger partial charge in [-0.05, 0) is 30.9 Å². The summed E-state index contributed by atoms with van der Waals surface area (Å²) in [6.07, 6.45) is 13.3. The lowest BCUT2D eigenvalue weighted by Gasteiger charge is -2.24. The first kappa shape index (κ1) is 10.1. The standard InChI is InChI=1S/C13H18/c1-3-5-6-8-12(4-2)11-13-9-7-10-13/h3-6,13H,2,7,9-11H2,1H3/b5-3-. The predicted molar refractivity (Wildman–Crippen MR) is 58.6 cm³/mol. The Kier molecular flexibility index (Phi) is 4.35. The summed E-state index contributed by atoms with van der Waals surface area (Å²) in [5.41, 5.74) is 4.51. The Hall–Kier alpha value is -1.00. The van der Waals surface area contributed by atoms with Gasteiger partial charge in [0.1, 0.15) is 0 Å². The summed E-state index contributed by atoms with van der Waals surface area (Å²) < 4.78 is 0. The second-order valence-electron chi connectivity index (χ2n) is 3.57. The molecule has 1 saturated carbocycles. The van der Waals surface area contributed by atoms with Gasteiger partial charge < -0.3 is 0 Å². The highest BCUT2D eigenvalue weighted by Crippen LogP contribution is 2.31. The van der Waals surface area contributed by atoms with Crippen molar-refractivity contribution in [1.82, 2.24) is 0 Å². The number of allylic oxidation sites excluding steroid dienone is 4. The molecule has 0 saturated heterocycles. The van der Waals surface area contributed by atoms with Gasteiger partial charge in [0.05, 0.1) is 0 Å². The van der Waals surface area contributed by atoms with Gasteiger partial charge in [0.25, 0.3) is 0 Å². The molecule has 0 radical (unpaired) electrons. The molecule has 0 aromatic carbocycles. The van der Waals surface area contributed by atoms with E-state index in [2.05, 4.69) is 12.3 Å². The number of hydrogen-bond acceptors (Lipinski definition) is 0. The minimum absolute atomic E-state index is 0.902. The van der Waals surface area contributed by atoms with Crippen molar-refractivity contribution in [3.8, 4) is 0 Å². The van der Waals surface area contributed by atoms with E-state index < -0.39 is 0 Å². The molecule has 1 fully saturated rings. The first-order chi connectivity index (χ1) is 6.36. The minimum Gasteiger partial charge on any atom is -0.117 e. The van der Waals surface area contributed by atoms with E-state index in [9.17, 15) is 0 Å². The molecule has 70 valence electrons. The van der Waals surface area contributed by atoms with E-state index in [1.165, 1.54) is 24.8 Å². The van der Waals surface area contributed by atoms with Gasteiger partial charge in [-0.2, -0.15) is 0 Å². The summed E-state index contributed by atoms with van der Waals surface area (Å²) in [7, 11) is 0. The predicted octanol–water partition coefficient (Wildman–Crippen LogP) is 4.02. The molecule has 0 spiro atoms. The first-order valence-electron chi connectivity index (χ1n) is 5.06. The molecule has 0 atom stereocenters. The van der Waals surface area contributed by atoms with Crippen molar-refractivity contribution in [2.45, 2.75) is 32.6 Å². The molecule has 0 N–H and O–H groups in total. The summed E-state index contributed by atoms with van der Waals surface area (Å²) in [5.74, 6) is 0.902. The molecule has 0 heterocycles. The van der Waals surface area contributed by atoms with Crippen LogP contribution >= 0.6 is 0 Å². The smallest absolute Gasteiger partial charge is 0.00635 e. The highest BCUT2D eigenvalue weighted by Gasteiger charge is 2.17. The topological polar surface area (TPSA) is 0 Å². The van der Waals surface area contributed by atoms with Gasteiger partial charge in [-0.25, -0.2) is 0 Å². The Morgan fingerprint density at radius 2 is 2.31 bits per heavy atom. The van der Waals surface area contributed by atoms with Crippen LogP contribution in [-0.4, -0.2) is 0 Å². The SMILES string of the molecule is C=CC(=C=C/C=C\C)CC1CCC1. The summed E-state index contributed by atoms with van der Waals surface area (Å²) >= 11 is 0. The molecule has 13 heavy (non-hydrogen) atoms. The molecule has 0 heteroatoms. The number of hydrogen-bond donors (Lipinski definition) is 0. The van der Waals surface area contributed by atoms with Gasteiger partial charge in [-0.1, -0.05) is 44.1 Å². The third-order valence-corrected chi connectivity index (χ3v) is 2.54. The normalized spacial score (nSPS) is 16.4. The zero-order chi connectivity index (χ0) is 9.52. The largest absolute Gasteiger partial charge is 0.117 e. The summed E-state index contributed by atoms with van der Waals surface area (Å²) in [6.45, 7) is 5.82. The lowest BCUT2D eigenvalue weighted by molar-refractivity contribution is 0.316. The van der Waals surface area contributed by atoms with Crippen LogP contribution in [0.5, 0.6) is 0 Å². The Labute approximate surface area is 81.4 Å². The quantitative estimate of drug-likeness (QED) is 0.446. The van der Waals surface area contributed by atoms with Gasteiger partial charge in [-0.3, -0.25) is 0 Å². The molecular formula is C13H18. The lowest BCUT2D eigenvalue weighted by Crippen LogP contribution is -2.10. The molecule has 1 aliphatic rings. The second-order valence-corrected chi connectivity index (χ2v) is 3.57. The molecule has 0 aromatic heterocycles. The third-order valence-electron chi connectivity index (χ3n) is 2.54. The van der Waals surface area contributed by atoms with Crippen LogP contribution in [0.2, 0.25) is 0 Å². The second kappa shape index (κ2) is 5.61. The highest BCUT2D eigenvalue weighted by molar-refractivity contribution is 5.18. The van der Waals surface area contributed by atoms with E-state index in [4.69, 9.17) is 0 Å². The van der Waals surface area contributed by atoms with Crippen LogP contribution in [0, 0.1) is 5.92 Å². The van der Waals surface area contributed by atoms with E-state index in [0.29, 0.717) is 0 Å². The highest BCUT2D eigenvalue weighted by atomic mass is 14.2. The van der Waals surface area contributed by atoms with Crippen LogP contribution in [0.1, 0.15) is 32.6 Å². The van der Waals surface area contributed by atoms with Gasteiger partial charge in [0, 0.05) is 0 Å². The van der Waals surface area contributed by atoms with Gasteiger partial charge >= 0.3 is 0 Å². The Morgan fingerprint density at radius 3 is 2.77 bits per heavy atom. The van der Waals surface area contributed by atoms with E-state index in [1.807, 2.05) is 31.2 Å². The fourth-order valence-electron chi connectivity index (χ4n) is 1.46. The minimum atomic E-state index is 0.902. The van der Waals surface area contributed by atoms with Crippen LogP contribution < -0.4 is 0 Å². The van der Waals surface area contributed by atoms with E-state index in [-0.39, 0.29) is 0 Å². The van der Waals surface area contributed by atoms with E-state index in [0.717, 1.165) is 12.3 Å².